The molecule has 0 saturated carbocycles. The van der Waals surface area contributed by atoms with Crippen molar-refractivity contribution in [3.8, 4) is 5.69 Å². The van der Waals surface area contributed by atoms with E-state index in [-0.39, 0.29) is 12.5 Å². The van der Waals surface area contributed by atoms with Crippen molar-refractivity contribution in [2.75, 3.05) is 19.7 Å². The number of ether oxygens (including phenoxy) is 1. The molecule has 6 heteroatoms. The average Bonchev–Trinajstić information content (AvgIpc) is 3.23. The van der Waals surface area contributed by atoms with Gasteiger partial charge in [0.2, 0.25) is 0 Å². The van der Waals surface area contributed by atoms with Crippen LogP contribution in [0.3, 0.4) is 0 Å². The molecule has 1 fully saturated rings. The Labute approximate surface area is 205 Å². The van der Waals surface area contributed by atoms with E-state index < -0.39 is 5.97 Å². The maximum Gasteiger partial charge on any atom is 0.338 e. The van der Waals surface area contributed by atoms with Crippen LogP contribution in [0.5, 0.6) is 0 Å². The number of para-hydroxylation sites is 1. The lowest BCUT2D eigenvalue weighted by Gasteiger charge is -2.32. The number of imidazole rings is 1. The largest absolute Gasteiger partial charge is 0.452 e. The van der Waals surface area contributed by atoms with Gasteiger partial charge < -0.3 is 9.64 Å². The fraction of sp³-hybridized carbons (Fsp3) is 0.276. The third-order valence-corrected chi connectivity index (χ3v) is 6.73. The number of hydrogen-bond acceptors (Lipinski definition) is 4. The summed E-state index contributed by atoms with van der Waals surface area (Å²) in [6.07, 6.45) is 2.98. The lowest BCUT2D eigenvalue weighted by molar-refractivity contribution is -0.135. The highest BCUT2D eigenvalue weighted by atomic mass is 16.5. The van der Waals surface area contributed by atoms with Gasteiger partial charge in [-0.25, -0.2) is 9.78 Å². The molecule has 5 rings (SSSR count). The normalized spacial score (nSPS) is 14.3. The second-order valence-electron chi connectivity index (χ2n) is 9.12. The molecule has 0 N–H and O–H groups in total. The van der Waals surface area contributed by atoms with Crippen molar-refractivity contribution >= 4 is 22.9 Å². The Balaban J connectivity index is 1.17. The second kappa shape index (κ2) is 10.1. The molecule has 0 bridgehead atoms. The van der Waals surface area contributed by atoms with Crippen LogP contribution in [0.15, 0.2) is 78.9 Å². The number of piperidine rings is 1. The standard InChI is InChI=1S/C29H29N3O3/c1-21-30-26-19-24(12-13-27(26)32(21)25-10-6-3-7-11-25)29(34)35-20-28(33)31-16-14-23(15-17-31)18-22-8-4-2-5-9-22/h2-13,19,23H,14-18,20H2,1H3. The van der Waals surface area contributed by atoms with Gasteiger partial charge in [0.25, 0.3) is 5.91 Å². The first-order valence-corrected chi connectivity index (χ1v) is 12.1. The van der Waals surface area contributed by atoms with Crippen LogP contribution in [0, 0.1) is 12.8 Å². The number of aromatic nitrogens is 2. The highest BCUT2D eigenvalue weighted by Crippen LogP contribution is 2.24. The molecule has 35 heavy (non-hydrogen) atoms. The van der Waals surface area contributed by atoms with Crippen LogP contribution in [0.1, 0.15) is 34.6 Å². The van der Waals surface area contributed by atoms with E-state index in [9.17, 15) is 9.59 Å². The van der Waals surface area contributed by atoms with Crippen LogP contribution in [0.25, 0.3) is 16.7 Å². The molecule has 0 radical (unpaired) electrons. The molecule has 3 aromatic carbocycles. The number of nitrogens with zero attached hydrogens (tertiary/aromatic N) is 3. The Kier molecular flexibility index (Phi) is 6.62. The van der Waals surface area contributed by atoms with Crippen LogP contribution in [-0.4, -0.2) is 46.0 Å². The minimum Gasteiger partial charge on any atom is -0.452 e. The topological polar surface area (TPSA) is 64.4 Å². The lowest BCUT2D eigenvalue weighted by atomic mass is 9.90. The van der Waals surface area contributed by atoms with Crippen molar-refractivity contribution in [2.45, 2.75) is 26.2 Å². The van der Waals surface area contributed by atoms with Gasteiger partial charge >= 0.3 is 5.97 Å². The minimum absolute atomic E-state index is 0.137. The van der Waals surface area contributed by atoms with Gasteiger partial charge in [-0.3, -0.25) is 9.36 Å². The minimum atomic E-state index is -0.508. The average molecular weight is 468 g/mol. The maximum atomic E-state index is 12.7. The Hall–Kier alpha value is -3.93. The van der Waals surface area contributed by atoms with Crippen LogP contribution >= 0.6 is 0 Å². The van der Waals surface area contributed by atoms with Gasteiger partial charge in [0.05, 0.1) is 16.6 Å². The molecular weight excluding hydrogens is 438 g/mol. The lowest BCUT2D eigenvalue weighted by Crippen LogP contribution is -2.41. The Morgan fingerprint density at radius 3 is 2.34 bits per heavy atom. The molecule has 1 aliphatic heterocycles. The van der Waals surface area contributed by atoms with Crippen molar-refractivity contribution in [3.63, 3.8) is 0 Å². The zero-order valence-electron chi connectivity index (χ0n) is 19.9. The van der Waals surface area contributed by atoms with Crippen LogP contribution in [0.2, 0.25) is 0 Å². The Morgan fingerprint density at radius 2 is 1.63 bits per heavy atom. The summed E-state index contributed by atoms with van der Waals surface area (Å²) in [5, 5.41) is 0. The fourth-order valence-electron chi connectivity index (χ4n) is 4.87. The van der Waals surface area contributed by atoms with Crippen LogP contribution in [0.4, 0.5) is 0 Å². The Bertz CT molecular complexity index is 1320. The summed E-state index contributed by atoms with van der Waals surface area (Å²) >= 11 is 0. The number of benzene rings is 3. The first-order valence-electron chi connectivity index (χ1n) is 12.1. The molecule has 0 unspecified atom stereocenters. The molecule has 178 valence electrons. The number of fused-ring (bicyclic) bond motifs is 1. The number of aryl methyl sites for hydroxylation is 1. The van der Waals surface area contributed by atoms with Crippen LogP contribution < -0.4 is 0 Å². The number of rotatable bonds is 6. The van der Waals surface area contributed by atoms with Crippen molar-refractivity contribution in [3.05, 3.63) is 95.8 Å². The van der Waals surface area contributed by atoms with Gasteiger partial charge in [0.15, 0.2) is 6.61 Å². The van der Waals surface area contributed by atoms with E-state index in [0.717, 1.165) is 36.3 Å². The molecule has 0 spiro atoms. The van der Waals surface area contributed by atoms with Gasteiger partial charge in [0.1, 0.15) is 5.82 Å². The third kappa shape index (κ3) is 5.11. The van der Waals surface area contributed by atoms with Gasteiger partial charge in [-0.15, -0.1) is 0 Å². The summed E-state index contributed by atoms with van der Waals surface area (Å²) in [5.41, 5.74) is 4.38. The smallest absolute Gasteiger partial charge is 0.338 e. The first kappa shape index (κ1) is 22.8. The van der Waals surface area contributed by atoms with Crippen molar-refractivity contribution in [1.82, 2.24) is 14.5 Å². The zero-order valence-corrected chi connectivity index (χ0v) is 19.9. The fourth-order valence-corrected chi connectivity index (χ4v) is 4.87. The highest BCUT2D eigenvalue weighted by Gasteiger charge is 2.24. The monoisotopic (exact) mass is 467 g/mol. The summed E-state index contributed by atoms with van der Waals surface area (Å²) in [4.78, 5) is 31.7. The van der Waals surface area contributed by atoms with E-state index in [2.05, 4.69) is 33.8 Å². The zero-order chi connectivity index (χ0) is 24.2. The van der Waals surface area contributed by atoms with Crippen LogP contribution in [-0.2, 0) is 16.0 Å². The van der Waals surface area contributed by atoms with Gasteiger partial charge in [-0.1, -0.05) is 48.5 Å². The molecule has 1 aromatic heterocycles. The van der Waals surface area contributed by atoms with Gasteiger partial charge in [-0.2, -0.15) is 0 Å². The van der Waals surface area contributed by atoms with E-state index in [1.54, 1.807) is 12.1 Å². The van der Waals surface area contributed by atoms with Gasteiger partial charge in [-0.05, 0) is 68.0 Å². The quantitative estimate of drug-likeness (QED) is 0.376. The van der Waals surface area contributed by atoms with Crippen molar-refractivity contribution < 1.29 is 14.3 Å². The van der Waals surface area contributed by atoms with E-state index in [1.807, 2.05) is 54.3 Å². The molecular formula is C29H29N3O3. The highest BCUT2D eigenvalue weighted by molar-refractivity contribution is 5.95. The van der Waals surface area contributed by atoms with Crippen molar-refractivity contribution in [1.29, 1.82) is 0 Å². The SMILES string of the molecule is Cc1nc2cc(C(=O)OCC(=O)N3CCC(Cc4ccccc4)CC3)ccc2n1-c1ccccc1. The Morgan fingerprint density at radius 1 is 0.943 bits per heavy atom. The van der Waals surface area contributed by atoms with E-state index in [0.29, 0.717) is 30.1 Å². The van der Waals surface area contributed by atoms with E-state index in [4.69, 9.17) is 4.74 Å². The number of likely N-dealkylation sites (tertiary alicyclic amines) is 1. The van der Waals surface area contributed by atoms with Gasteiger partial charge in [0, 0.05) is 18.8 Å². The molecule has 2 heterocycles. The first-order chi connectivity index (χ1) is 17.1. The maximum absolute atomic E-state index is 12.7. The molecule has 0 aliphatic carbocycles. The van der Waals surface area contributed by atoms with Crippen molar-refractivity contribution in [2.24, 2.45) is 5.92 Å². The summed E-state index contributed by atoms with van der Waals surface area (Å²) in [6.45, 7) is 3.11. The number of esters is 1. The van der Waals surface area contributed by atoms with E-state index >= 15 is 0 Å². The molecule has 1 amide bonds. The van der Waals surface area contributed by atoms with E-state index in [1.165, 1.54) is 5.56 Å². The predicted molar refractivity (Wildman–Crippen MR) is 136 cm³/mol. The number of carbonyl (C=O) groups is 2. The molecule has 1 saturated heterocycles. The molecule has 4 aromatic rings. The molecule has 6 nitrogen and oxygen atoms in total. The summed E-state index contributed by atoms with van der Waals surface area (Å²) in [5.74, 6) is 0.769. The molecule has 0 atom stereocenters. The molecule has 1 aliphatic rings. The predicted octanol–water partition coefficient (Wildman–Crippen LogP) is 4.97. The number of hydrogen-bond donors (Lipinski definition) is 0. The third-order valence-electron chi connectivity index (χ3n) is 6.73. The summed E-state index contributed by atoms with van der Waals surface area (Å²) in [6, 6.07) is 25.8. The summed E-state index contributed by atoms with van der Waals surface area (Å²) < 4.78 is 7.42. The number of carbonyl (C=O) groups excluding carboxylic acids is 2. The second-order valence-corrected chi connectivity index (χ2v) is 9.12. The summed E-state index contributed by atoms with van der Waals surface area (Å²) in [7, 11) is 0. The number of amides is 1.